The van der Waals surface area contributed by atoms with Gasteiger partial charge in [0.15, 0.2) is 0 Å². The lowest BCUT2D eigenvalue weighted by molar-refractivity contribution is 0.0696. The summed E-state index contributed by atoms with van der Waals surface area (Å²) in [5, 5.41) is 18.4. The molecule has 0 atom stereocenters. The van der Waals surface area contributed by atoms with E-state index in [0.29, 0.717) is 24.6 Å². The van der Waals surface area contributed by atoms with Gasteiger partial charge in [0.25, 0.3) is 0 Å². The minimum Gasteiger partial charge on any atom is -0.478 e. The van der Waals surface area contributed by atoms with Gasteiger partial charge in [-0.1, -0.05) is 0 Å². The molecule has 3 N–H and O–H groups in total. The summed E-state index contributed by atoms with van der Waals surface area (Å²) in [7, 11) is 0. The van der Waals surface area contributed by atoms with Crippen molar-refractivity contribution in [2.45, 2.75) is 25.8 Å². The third kappa shape index (κ3) is 2.66. The molecule has 0 saturated carbocycles. The van der Waals surface area contributed by atoms with Gasteiger partial charge >= 0.3 is 5.97 Å². The maximum atomic E-state index is 11.2. The number of rotatable bonds is 2. The van der Waals surface area contributed by atoms with Gasteiger partial charge < -0.3 is 15.7 Å². The molecule has 1 fully saturated rings. The molecule has 0 aromatic carbocycles. The zero-order chi connectivity index (χ0) is 14.0. The van der Waals surface area contributed by atoms with Crippen LogP contribution in [-0.4, -0.2) is 35.2 Å². The summed E-state index contributed by atoms with van der Waals surface area (Å²) in [5.41, 5.74) is 6.59. The molecular formula is C13H16N4O2. The zero-order valence-corrected chi connectivity index (χ0v) is 10.8. The lowest BCUT2D eigenvalue weighted by Gasteiger charge is -2.32. The van der Waals surface area contributed by atoms with Crippen molar-refractivity contribution in [2.24, 2.45) is 5.73 Å². The van der Waals surface area contributed by atoms with Crippen LogP contribution < -0.4 is 10.6 Å². The predicted octanol–water partition coefficient (Wildman–Crippen LogP) is 0.887. The highest BCUT2D eigenvalue weighted by atomic mass is 16.4. The number of aryl methyl sites for hydroxylation is 1. The highest BCUT2D eigenvalue weighted by Gasteiger charge is 2.23. The number of hydrogen-bond donors (Lipinski definition) is 2. The summed E-state index contributed by atoms with van der Waals surface area (Å²) in [6.07, 6.45) is 1.64. The van der Waals surface area contributed by atoms with Crippen molar-refractivity contribution >= 4 is 11.8 Å². The van der Waals surface area contributed by atoms with Crippen LogP contribution in [0.15, 0.2) is 6.07 Å². The van der Waals surface area contributed by atoms with E-state index in [9.17, 15) is 10.1 Å². The Morgan fingerprint density at radius 1 is 1.58 bits per heavy atom. The molecule has 100 valence electrons. The second-order valence-electron chi connectivity index (χ2n) is 4.75. The molecule has 0 bridgehead atoms. The Labute approximate surface area is 111 Å². The van der Waals surface area contributed by atoms with Crippen LogP contribution in [0.25, 0.3) is 0 Å². The summed E-state index contributed by atoms with van der Waals surface area (Å²) < 4.78 is 0. The van der Waals surface area contributed by atoms with Gasteiger partial charge in [0.2, 0.25) is 0 Å². The maximum absolute atomic E-state index is 11.2. The monoisotopic (exact) mass is 260 g/mol. The fourth-order valence-electron chi connectivity index (χ4n) is 2.28. The molecule has 2 rings (SSSR count). The number of nitrogens with zero attached hydrogens (tertiary/aromatic N) is 3. The Hall–Kier alpha value is -2.13. The Kier molecular flexibility index (Phi) is 3.67. The van der Waals surface area contributed by atoms with E-state index in [-0.39, 0.29) is 17.2 Å². The van der Waals surface area contributed by atoms with Crippen LogP contribution in [0.4, 0.5) is 5.82 Å². The molecule has 6 heteroatoms. The summed E-state index contributed by atoms with van der Waals surface area (Å²) in [4.78, 5) is 17.5. The molecule has 1 aliphatic heterocycles. The molecule has 0 radical (unpaired) electrons. The van der Waals surface area contributed by atoms with Crippen LogP contribution in [0.1, 0.15) is 34.5 Å². The Balaban J connectivity index is 2.45. The fourth-order valence-corrected chi connectivity index (χ4v) is 2.28. The minimum absolute atomic E-state index is 0.0138. The van der Waals surface area contributed by atoms with Crippen molar-refractivity contribution in [1.82, 2.24) is 4.98 Å². The number of piperidine rings is 1. The molecule has 0 aliphatic carbocycles. The van der Waals surface area contributed by atoms with E-state index in [0.717, 1.165) is 12.8 Å². The number of aromatic nitrogens is 1. The first-order valence-electron chi connectivity index (χ1n) is 6.18. The van der Waals surface area contributed by atoms with Gasteiger partial charge in [-0.2, -0.15) is 5.26 Å². The molecule has 0 amide bonds. The molecule has 0 unspecified atom stereocenters. The van der Waals surface area contributed by atoms with Gasteiger partial charge in [-0.25, -0.2) is 9.78 Å². The van der Waals surface area contributed by atoms with E-state index in [2.05, 4.69) is 4.98 Å². The summed E-state index contributed by atoms with van der Waals surface area (Å²) in [6.45, 7) is 3.13. The number of pyridine rings is 1. The number of carboxylic acids is 1. The molecule has 1 aliphatic rings. The van der Waals surface area contributed by atoms with E-state index >= 15 is 0 Å². The van der Waals surface area contributed by atoms with Crippen LogP contribution in [0.2, 0.25) is 0 Å². The van der Waals surface area contributed by atoms with Gasteiger partial charge in [-0.05, 0) is 25.8 Å². The van der Waals surface area contributed by atoms with E-state index in [1.807, 2.05) is 11.0 Å². The number of carboxylic acid groups (broad SMARTS) is 1. The normalized spacial score (nSPS) is 16.2. The topological polar surface area (TPSA) is 103 Å². The van der Waals surface area contributed by atoms with Crippen molar-refractivity contribution in [1.29, 1.82) is 5.26 Å². The average molecular weight is 260 g/mol. The highest BCUT2D eigenvalue weighted by molar-refractivity contribution is 5.92. The fraction of sp³-hybridized carbons (Fsp3) is 0.462. The van der Waals surface area contributed by atoms with Crippen molar-refractivity contribution in [3.8, 4) is 6.07 Å². The maximum Gasteiger partial charge on any atom is 0.337 e. The number of aromatic carboxylic acids is 1. The van der Waals surface area contributed by atoms with Crippen LogP contribution >= 0.6 is 0 Å². The van der Waals surface area contributed by atoms with Gasteiger partial charge in [0, 0.05) is 24.8 Å². The smallest absolute Gasteiger partial charge is 0.337 e. The average Bonchev–Trinajstić information content (AvgIpc) is 2.38. The van der Waals surface area contributed by atoms with Crippen molar-refractivity contribution < 1.29 is 9.90 Å². The quantitative estimate of drug-likeness (QED) is 0.818. The van der Waals surface area contributed by atoms with Gasteiger partial charge in [-0.3, -0.25) is 0 Å². The highest BCUT2D eigenvalue weighted by Crippen LogP contribution is 2.25. The van der Waals surface area contributed by atoms with Gasteiger partial charge in [-0.15, -0.1) is 0 Å². The van der Waals surface area contributed by atoms with Crippen LogP contribution in [0, 0.1) is 18.3 Å². The van der Waals surface area contributed by atoms with Gasteiger partial charge in [0.1, 0.15) is 17.5 Å². The molecule has 2 heterocycles. The number of carbonyl (C=O) groups is 1. The molecule has 19 heavy (non-hydrogen) atoms. The Morgan fingerprint density at radius 3 is 2.74 bits per heavy atom. The van der Waals surface area contributed by atoms with Crippen LogP contribution in [-0.2, 0) is 0 Å². The van der Waals surface area contributed by atoms with Crippen LogP contribution in [0.3, 0.4) is 0 Å². The van der Waals surface area contributed by atoms with E-state index in [4.69, 9.17) is 10.8 Å². The van der Waals surface area contributed by atoms with E-state index in [1.54, 1.807) is 6.92 Å². The summed E-state index contributed by atoms with van der Waals surface area (Å²) in [5.74, 6) is -0.635. The van der Waals surface area contributed by atoms with Crippen molar-refractivity contribution in [2.75, 3.05) is 18.0 Å². The second kappa shape index (κ2) is 5.24. The molecule has 1 aromatic rings. The number of hydrogen-bond acceptors (Lipinski definition) is 5. The lowest BCUT2D eigenvalue weighted by atomic mass is 10.0. The Bertz CT molecular complexity index is 542. The van der Waals surface area contributed by atoms with Gasteiger partial charge in [0.05, 0.1) is 5.56 Å². The molecule has 6 nitrogen and oxygen atoms in total. The van der Waals surface area contributed by atoms with E-state index in [1.165, 1.54) is 6.07 Å². The standard InChI is InChI=1S/C13H16N4O2/c1-8-6-10(13(18)19)11(7-14)12(16-8)17-4-2-9(15)3-5-17/h6,9H,2-5,15H2,1H3,(H,18,19). The Morgan fingerprint density at radius 2 is 2.21 bits per heavy atom. The first kappa shape index (κ1) is 13.3. The van der Waals surface area contributed by atoms with Crippen molar-refractivity contribution in [3.05, 3.63) is 22.9 Å². The van der Waals surface area contributed by atoms with Crippen molar-refractivity contribution in [3.63, 3.8) is 0 Å². The molecule has 0 spiro atoms. The number of anilines is 1. The number of nitriles is 1. The third-order valence-corrected chi connectivity index (χ3v) is 3.31. The first-order valence-corrected chi connectivity index (χ1v) is 6.18. The van der Waals surface area contributed by atoms with Crippen LogP contribution in [0.5, 0.6) is 0 Å². The zero-order valence-electron chi connectivity index (χ0n) is 10.8. The largest absolute Gasteiger partial charge is 0.478 e. The minimum atomic E-state index is -1.10. The first-order chi connectivity index (χ1) is 9.02. The SMILES string of the molecule is Cc1cc(C(=O)O)c(C#N)c(N2CCC(N)CC2)n1. The third-order valence-electron chi connectivity index (χ3n) is 3.31. The molecule has 1 aromatic heterocycles. The molecular weight excluding hydrogens is 244 g/mol. The molecule has 1 saturated heterocycles. The lowest BCUT2D eigenvalue weighted by Crippen LogP contribution is -2.40. The predicted molar refractivity (Wildman–Crippen MR) is 70.1 cm³/mol. The van der Waals surface area contributed by atoms with E-state index < -0.39 is 5.97 Å². The summed E-state index contributed by atoms with van der Waals surface area (Å²) in [6, 6.07) is 3.57. The second-order valence-corrected chi connectivity index (χ2v) is 4.75. The summed E-state index contributed by atoms with van der Waals surface area (Å²) >= 11 is 0. The number of nitrogens with two attached hydrogens (primary N) is 1.